The predicted octanol–water partition coefficient (Wildman–Crippen LogP) is 2.11. The maximum atomic E-state index is 11.4. The van der Waals surface area contributed by atoms with Gasteiger partial charge >= 0.3 is 0 Å². The molecule has 6 heteroatoms. The quantitative estimate of drug-likeness (QED) is 0.818. The lowest BCUT2D eigenvalue weighted by molar-refractivity contribution is -0.111. The average Bonchev–Trinajstić information content (AvgIpc) is 2.81. The summed E-state index contributed by atoms with van der Waals surface area (Å²) < 4.78 is 0. The fraction of sp³-hybridized carbons (Fsp3) is 0. The second-order valence-electron chi connectivity index (χ2n) is 3.21. The summed E-state index contributed by atoms with van der Waals surface area (Å²) in [6, 6.07) is 7.16. The average molecular weight is 249 g/mol. The third-order valence-corrected chi connectivity index (χ3v) is 2.21. The zero-order chi connectivity index (χ0) is 12.1. The van der Waals surface area contributed by atoms with Gasteiger partial charge in [0.2, 0.25) is 5.95 Å². The molecule has 1 aromatic carbocycles. The van der Waals surface area contributed by atoms with E-state index in [1.54, 1.807) is 18.2 Å². The van der Waals surface area contributed by atoms with Crippen LogP contribution in [0.25, 0.3) is 6.08 Å². The normalized spacial score (nSPS) is 10.6. The molecular formula is C11H9ClN4O. The summed E-state index contributed by atoms with van der Waals surface area (Å²) in [7, 11) is 0. The molecule has 1 amide bonds. The van der Waals surface area contributed by atoms with E-state index < -0.39 is 0 Å². The molecule has 0 aliphatic rings. The molecule has 1 heterocycles. The molecule has 0 aliphatic carbocycles. The number of halogens is 1. The van der Waals surface area contributed by atoms with Gasteiger partial charge in [0.25, 0.3) is 5.91 Å². The van der Waals surface area contributed by atoms with Gasteiger partial charge in [0, 0.05) is 11.1 Å². The number of nitrogens with one attached hydrogen (secondary N) is 2. The topological polar surface area (TPSA) is 70.7 Å². The van der Waals surface area contributed by atoms with Gasteiger partial charge in [0.1, 0.15) is 6.33 Å². The summed E-state index contributed by atoms with van der Waals surface area (Å²) in [5, 5.41) is 9.33. The molecule has 5 nitrogen and oxygen atoms in total. The van der Waals surface area contributed by atoms with Crippen LogP contribution in [0.4, 0.5) is 5.95 Å². The fourth-order valence-electron chi connectivity index (χ4n) is 1.17. The van der Waals surface area contributed by atoms with Gasteiger partial charge in [-0.3, -0.25) is 10.1 Å². The van der Waals surface area contributed by atoms with Crippen LogP contribution in [0.2, 0.25) is 5.02 Å². The fourth-order valence-corrected chi connectivity index (χ4v) is 1.30. The molecule has 0 spiro atoms. The maximum Gasteiger partial charge on any atom is 0.250 e. The molecule has 0 unspecified atom stereocenters. The number of carbonyl (C=O) groups excluding carboxylic acids is 1. The van der Waals surface area contributed by atoms with Crippen molar-refractivity contribution in [2.75, 3.05) is 5.32 Å². The van der Waals surface area contributed by atoms with Crippen molar-refractivity contribution in [3.63, 3.8) is 0 Å². The van der Waals surface area contributed by atoms with E-state index in [1.165, 1.54) is 12.4 Å². The predicted molar refractivity (Wildman–Crippen MR) is 65.5 cm³/mol. The van der Waals surface area contributed by atoms with Crippen LogP contribution in [-0.4, -0.2) is 21.1 Å². The lowest BCUT2D eigenvalue weighted by atomic mass is 10.2. The minimum atomic E-state index is -0.281. The van der Waals surface area contributed by atoms with Gasteiger partial charge < -0.3 is 0 Å². The van der Waals surface area contributed by atoms with Crippen LogP contribution in [0, 0.1) is 0 Å². The van der Waals surface area contributed by atoms with Crippen LogP contribution < -0.4 is 5.32 Å². The number of amides is 1. The van der Waals surface area contributed by atoms with E-state index in [0.29, 0.717) is 11.0 Å². The Balaban J connectivity index is 1.96. The van der Waals surface area contributed by atoms with Crippen molar-refractivity contribution >= 4 is 29.5 Å². The Morgan fingerprint density at radius 2 is 2.12 bits per heavy atom. The molecule has 0 fully saturated rings. The van der Waals surface area contributed by atoms with Crippen molar-refractivity contribution in [3.8, 4) is 0 Å². The first-order chi connectivity index (χ1) is 8.24. The zero-order valence-corrected chi connectivity index (χ0v) is 9.48. The number of hydrogen-bond acceptors (Lipinski definition) is 3. The van der Waals surface area contributed by atoms with Gasteiger partial charge in [-0.2, -0.15) is 10.1 Å². The Kier molecular flexibility index (Phi) is 3.52. The van der Waals surface area contributed by atoms with Crippen molar-refractivity contribution < 1.29 is 4.79 Å². The number of rotatable bonds is 3. The van der Waals surface area contributed by atoms with E-state index in [0.717, 1.165) is 5.56 Å². The number of aromatic amines is 1. The van der Waals surface area contributed by atoms with Gasteiger partial charge in [0.05, 0.1) is 0 Å². The summed E-state index contributed by atoms with van der Waals surface area (Å²) in [5.41, 5.74) is 0.891. The second kappa shape index (κ2) is 5.27. The van der Waals surface area contributed by atoms with Crippen LogP contribution >= 0.6 is 11.6 Å². The number of hydrogen-bond donors (Lipinski definition) is 2. The maximum absolute atomic E-state index is 11.4. The third-order valence-electron chi connectivity index (χ3n) is 1.95. The van der Waals surface area contributed by atoms with Gasteiger partial charge in [-0.1, -0.05) is 23.7 Å². The number of H-pyrrole nitrogens is 1. The summed E-state index contributed by atoms with van der Waals surface area (Å²) >= 11 is 5.75. The van der Waals surface area contributed by atoms with E-state index in [1.807, 2.05) is 12.1 Å². The molecule has 86 valence electrons. The minimum absolute atomic E-state index is 0.281. The third kappa shape index (κ3) is 3.42. The summed E-state index contributed by atoms with van der Waals surface area (Å²) in [4.78, 5) is 15.2. The van der Waals surface area contributed by atoms with Gasteiger partial charge in [-0.05, 0) is 23.8 Å². The van der Waals surface area contributed by atoms with Gasteiger partial charge in [0.15, 0.2) is 0 Å². The van der Waals surface area contributed by atoms with E-state index >= 15 is 0 Å². The Morgan fingerprint density at radius 1 is 1.35 bits per heavy atom. The molecule has 1 aromatic heterocycles. The lowest BCUT2D eigenvalue weighted by Gasteiger charge is -1.95. The number of anilines is 1. The van der Waals surface area contributed by atoms with Crippen molar-refractivity contribution in [2.24, 2.45) is 0 Å². The first kappa shape index (κ1) is 11.3. The van der Waals surface area contributed by atoms with E-state index in [4.69, 9.17) is 11.6 Å². The van der Waals surface area contributed by atoms with Crippen LogP contribution in [0.15, 0.2) is 36.7 Å². The molecule has 2 N–H and O–H groups in total. The highest BCUT2D eigenvalue weighted by Crippen LogP contribution is 2.10. The molecule has 0 aliphatic heterocycles. The van der Waals surface area contributed by atoms with E-state index in [2.05, 4.69) is 20.5 Å². The molecule has 0 atom stereocenters. The number of benzene rings is 1. The smallest absolute Gasteiger partial charge is 0.250 e. The molecule has 17 heavy (non-hydrogen) atoms. The highest BCUT2D eigenvalue weighted by molar-refractivity contribution is 6.30. The lowest BCUT2D eigenvalue weighted by Crippen LogP contribution is -2.08. The van der Waals surface area contributed by atoms with Crippen LogP contribution in [-0.2, 0) is 4.79 Å². The molecule has 2 aromatic rings. The van der Waals surface area contributed by atoms with Crippen molar-refractivity contribution in [2.45, 2.75) is 0 Å². The highest BCUT2D eigenvalue weighted by Gasteiger charge is 1.98. The Bertz CT molecular complexity index is 519. The largest absolute Gasteiger partial charge is 0.291 e. The van der Waals surface area contributed by atoms with Crippen molar-refractivity contribution in [3.05, 3.63) is 47.3 Å². The molecule has 0 saturated carbocycles. The van der Waals surface area contributed by atoms with Crippen molar-refractivity contribution in [1.82, 2.24) is 15.2 Å². The van der Waals surface area contributed by atoms with E-state index in [9.17, 15) is 4.79 Å². The first-order valence-electron chi connectivity index (χ1n) is 4.84. The molecule has 0 bridgehead atoms. The zero-order valence-electron chi connectivity index (χ0n) is 8.72. The monoisotopic (exact) mass is 248 g/mol. The van der Waals surface area contributed by atoms with Gasteiger partial charge in [-0.15, -0.1) is 0 Å². The summed E-state index contributed by atoms with van der Waals surface area (Å²) in [5.74, 6) is 0.0347. The van der Waals surface area contributed by atoms with Crippen LogP contribution in [0.5, 0.6) is 0 Å². The minimum Gasteiger partial charge on any atom is -0.291 e. The first-order valence-corrected chi connectivity index (χ1v) is 5.22. The Hall–Kier alpha value is -2.14. The summed E-state index contributed by atoms with van der Waals surface area (Å²) in [6.45, 7) is 0. The highest BCUT2D eigenvalue weighted by atomic mass is 35.5. The van der Waals surface area contributed by atoms with Gasteiger partial charge in [-0.25, -0.2) is 5.10 Å². The SMILES string of the molecule is O=C(C=Cc1ccc(Cl)cc1)Nc1ncn[nH]1. The number of carbonyl (C=O) groups is 1. The Morgan fingerprint density at radius 3 is 2.76 bits per heavy atom. The summed E-state index contributed by atoms with van der Waals surface area (Å²) in [6.07, 6.45) is 4.41. The molecular weight excluding hydrogens is 240 g/mol. The van der Waals surface area contributed by atoms with Crippen molar-refractivity contribution in [1.29, 1.82) is 0 Å². The molecule has 2 rings (SSSR count). The van der Waals surface area contributed by atoms with Crippen LogP contribution in [0.1, 0.15) is 5.56 Å². The van der Waals surface area contributed by atoms with Crippen LogP contribution in [0.3, 0.4) is 0 Å². The molecule has 0 radical (unpaired) electrons. The standard InChI is InChI=1S/C11H9ClN4O/c12-9-4-1-8(2-5-9)3-6-10(17)15-11-13-7-14-16-11/h1-7H,(H2,13,14,15,16,17). The Labute approximate surface area is 103 Å². The number of nitrogens with zero attached hydrogens (tertiary/aromatic N) is 2. The number of aromatic nitrogens is 3. The van der Waals surface area contributed by atoms with E-state index in [-0.39, 0.29) is 5.91 Å². The molecule has 0 saturated heterocycles. The second-order valence-corrected chi connectivity index (χ2v) is 3.64.